The van der Waals surface area contributed by atoms with E-state index in [0.29, 0.717) is 11.1 Å². The first-order chi connectivity index (χ1) is 9.22. The van der Waals surface area contributed by atoms with E-state index in [2.05, 4.69) is 4.28 Å². The Hall–Kier alpha value is -1.99. The molecular weight excluding hydrogens is 282 g/mol. The van der Waals surface area contributed by atoms with Crippen LogP contribution in [-0.2, 0) is 24.0 Å². The van der Waals surface area contributed by atoms with Gasteiger partial charge in [-0.15, -0.1) is 9.35 Å². The van der Waals surface area contributed by atoms with Crippen molar-refractivity contribution in [2.75, 3.05) is 0 Å². The van der Waals surface area contributed by atoms with E-state index < -0.39 is 21.9 Å². The summed E-state index contributed by atoms with van der Waals surface area (Å²) in [4.78, 5) is 22.7. The standard InChI is InChI=1S/C13H13NO5S/c1-8-6-9(2)13(10(3)7-8)20(17,18)19-14-11(15)4-5-12(14)16/h4-7H,1-3H3. The van der Waals surface area contributed by atoms with Gasteiger partial charge in [-0.25, -0.2) is 0 Å². The molecule has 1 heterocycles. The number of imide groups is 1. The zero-order valence-electron chi connectivity index (χ0n) is 11.2. The van der Waals surface area contributed by atoms with Gasteiger partial charge in [-0.3, -0.25) is 9.59 Å². The van der Waals surface area contributed by atoms with Gasteiger partial charge in [-0.05, 0) is 31.9 Å². The predicted molar refractivity (Wildman–Crippen MR) is 69.9 cm³/mol. The third-order valence-electron chi connectivity index (χ3n) is 2.80. The van der Waals surface area contributed by atoms with Crippen LogP contribution in [0.4, 0.5) is 0 Å². The van der Waals surface area contributed by atoms with Crippen LogP contribution in [0.2, 0.25) is 0 Å². The van der Waals surface area contributed by atoms with Crippen LogP contribution in [0.1, 0.15) is 16.7 Å². The van der Waals surface area contributed by atoms with E-state index in [-0.39, 0.29) is 9.96 Å². The molecule has 106 valence electrons. The van der Waals surface area contributed by atoms with Gasteiger partial charge in [0.2, 0.25) is 0 Å². The summed E-state index contributed by atoms with van der Waals surface area (Å²) in [6, 6.07) is 3.38. The van der Waals surface area contributed by atoms with E-state index in [9.17, 15) is 18.0 Å². The zero-order chi connectivity index (χ0) is 15.1. The Morgan fingerprint density at radius 3 is 1.85 bits per heavy atom. The summed E-state index contributed by atoms with van der Waals surface area (Å²) < 4.78 is 29.1. The highest BCUT2D eigenvalue weighted by Crippen LogP contribution is 2.25. The maximum atomic E-state index is 12.2. The fourth-order valence-corrected chi connectivity index (χ4v) is 3.48. The van der Waals surface area contributed by atoms with Gasteiger partial charge in [0.1, 0.15) is 4.90 Å². The highest BCUT2D eigenvalue weighted by molar-refractivity contribution is 7.86. The van der Waals surface area contributed by atoms with Crippen molar-refractivity contribution in [3.05, 3.63) is 41.0 Å². The maximum Gasteiger partial charge on any atom is 0.318 e. The summed E-state index contributed by atoms with van der Waals surface area (Å²) in [6.45, 7) is 5.10. The van der Waals surface area contributed by atoms with Gasteiger partial charge in [-0.2, -0.15) is 8.42 Å². The minimum atomic E-state index is -4.24. The first-order valence-corrected chi connectivity index (χ1v) is 7.22. The highest BCUT2D eigenvalue weighted by Gasteiger charge is 2.32. The van der Waals surface area contributed by atoms with E-state index in [1.165, 1.54) is 0 Å². The van der Waals surface area contributed by atoms with Crippen LogP contribution in [0.25, 0.3) is 0 Å². The van der Waals surface area contributed by atoms with E-state index in [4.69, 9.17) is 0 Å². The maximum absolute atomic E-state index is 12.2. The molecule has 6 nitrogen and oxygen atoms in total. The van der Waals surface area contributed by atoms with Crippen LogP contribution in [0.3, 0.4) is 0 Å². The lowest BCUT2D eigenvalue weighted by Gasteiger charge is -2.16. The largest absolute Gasteiger partial charge is 0.318 e. The van der Waals surface area contributed by atoms with Crippen molar-refractivity contribution in [2.24, 2.45) is 0 Å². The summed E-state index contributed by atoms with van der Waals surface area (Å²) in [7, 11) is -4.24. The third-order valence-corrected chi connectivity index (χ3v) is 4.29. The summed E-state index contributed by atoms with van der Waals surface area (Å²) in [6.07, 6.45) is 1.90. The van der Waals surface area contributed by atoms with Crippen molar-refractivity contribution in [2.45, 2.75) is 25.7 Å². The molecule has 0 spiro atoms. The number of rotatable bonds is 3. The summed E-state index contributed by atoms with van der Waals surface area (Å²) >= 11 is 0. The van der Waals surface area contributed by atoms with Crippen molar-refractivity contribution in [3.8, 4) is 0 Å². The minimum absolute atomic E-state index is 0.0319. The smallest absolute Gasteiger partial charge is 0.267 e. The first-order valence-electron chi connectivity index (χ1n) is 5.81. The molecule has 2 amide bonds. The topological polar surface area (TPSA) is 80.8 Å². The van der Waals surface area contributed by atoms with Crippen LogP contribution < -0.4 is 0 Å². The van der Waals surface area contributed by atoms with Crippen molar-refractivity contribution >= 4 is 21.9 Å². The van der Waals surface area contributed by atoms with Gasteiger partial charge in [0.25, 0.3) is 11.8 Å². The molecule has 1 aliphatic rings. The lowest BCUT2D eigenvalue weighted by atomic mass is 10.1. The molecule has 0 bridgehead atoms. The molecule has 1 aromatic carbocycles. The Kier molecular flexibility index (Phi) is 3.49. The van der Waals surface area contributed by atoms with E-state index >= 15 is 0 Å². The molecule has 0 saturated carbocycles. The molecule has 7 heteroatoms. The second kappa shape index (κ2) is 4.84. The van der Waals surface area contributed by atoms with Gasteiger partial charge >= 0.3 is 10.1 Å². The summed E-state index contributed by atoms with van der Waals surface area (Å²) in [5, 5.41) is 0.230. The van der Waals surface area contributed by atoms with Crippen LogP contribution >= 0.6 is 0 Å². The number of carbonyl (C=O) groups excluding carboxylic acids is 2. The Morgan fingerprint density at radius 2 is 1.40 bits per heavy atom. The lowest BCUT2D eigenvalue weighted by Crippen LogP contribution is -2.33. The molecule has 0 fully saturated rings. The molecule has 20 heavy (non-hydrogen) atoms. The Balaban J connectivity index is 2.42. The normalized spacial score (nSPS) is 15.2. The molecular formula is C13H13NO5S. The van der Waals surface area contributed by atoms with Gasteiger partial charge in [-0.1, -0.05) is 17.7 Å². The minimum Gasteiger partial charge on any atom is -0.267 e. The van der Waals surface area contributed by atoms with Gasteiger partial charge < -0.3 is 0 Å². The molecule has 0 radical (unpaired) electrons. The number of amides is 2. The second-order valence-corrected chi connectivity index (χ2v) is 6.03. The number of hydroxylamine groups is 2. The number of hydrogen-bond donors (Lipinski definition) is 0. The van der Waals surface area contributed by atoms with Crippen molar-refractivity contribution in [1.82, 2.24) is 5.06 Å². The molecule has 0 aliphatic carbocycles. The molecule has 0 N–H and O–H groups in total. The zero-order valence-corrected chi connectivity index (χ0v) is 12.0. The van der Waals surface area contributed by atoms with Gasteiger partial charge in [0.05, 0.1) is 0 Å². The fourth-order valence-electron chi connectivity index (χ4n) is 2.16. The second-order valence-electron chi connectivity index (χ2n) is 4.56. The van der Waals surface area contributed by atoms with Crippen molar-refractivity contribution < 1.29 is 22.3 Å². The summed E-state index contributed by atoms with van der Waals surface area (Å²) in [5.74, 6) is -1.64. The number of hydrogen-bond acceptors (Lipinski definition) is 5. The SMILES string of the molecule is Cc1cc(C)c(S(=O)(=O)ON2C(=O)C=CC2=O)c(C)c1. The van der Waals surface area contributed by atoms with Crippen molar-refractivity contribution in [3.63, 3.8) is 0 Å². The molecule has 2 rings (SSSR count). The quantitative estimate of drug-likeness (QED) is 0.782. The van der Waals surface area contributed by atoms with Gasteiger partial charge in [0.15, 0.2) is 0 Å². The number of carbonyl (C=O) groups is 2. The van der Waals surface area contributed by atoms with Crippen LogP contribution in [0.15, 0.2) is 29.2 Å². The van der Waals surface area contributed by atoms with E-state index in [1.54, 1.807) is 26.0 Å². The summed E-state index contributed by atoms with van der Waals surface area (Å²) in [5.41, 5.74) is 1.90. The van der Waals surface area contributed by atoms with Crippen molar-refractivity contribution in [1.29, 1.82) is 0 Å². The monoisotopic (exact) mass is 295 g/mol. The molecule has 1 aliphatic heterocycles. The molecule has 1 aromatic rings. The molecule has 0 saturated heterocycles. The number of aryl methyl sites for hydroxylation is 3. The van der Waals surface area contributed by atoms with Gasteiger partial charge in [0, 0.05) is 12.2 Å². The fraction of sp³-hybridized carbons (Fsp3) is 0.231. The molecule has 0 aromatic heterocycles. The molecule has 0 unspecified atom stereocenters. The van der Waals surface area contributed by atoms with E-state index in [0.717, 1.165) is 17.7 Å². The average molecular weight is 295 g/mol. The highest BCUT2D eigenvalue weighted by atomic mass is 32.2. The Morgan fingerprint density at radius 1 is 0.950 bits per heavy atom. The first kappa shape index (κ1) is 14.4. The van der Waals surface area contributed by atoms with Crippen LogP contribution in [-0.4, -0.2) is 25.3 Å². The Labute approximate surface area is 116 Å². The lowest BCUT2D eigenvalue weighted by molar-refractivity contribution is -0.161. The van der Waals surface area contributed by atoms with E-state index in [1.807, 2.05) is 6.92 Å². The predicted octanol–water partition coefficient (Wildman–Crippen LogP) is 1.16. The Bertz CT molecular complexity index is 692. The van der Waals surface area contributed by atoms with Crippen LogP contribution in [0.5, 0.6) is 0 Å². The average Bonchev–Trinajstić information content (AvgIpc) is 2.58. The number of nitrogens with zero attached hydrogens (tertiary/aromatic N) is 1. The third kappa shape index (κ3) is 2.50. The molecule has 0 atom stereocenters. The van der Waals surface area contributed by atoms with Crippen LogP contribution in [0, 0.1) is 20.8 Å². The number of benzene rings is 1.